The summed E-state index contributed by atoms with van der Waals surface area (Å²) >= 11 is -1.84. The molecule has 2 nitrogen and oxygen atoms in total. The first kappa shape index (κ1) is 7.71. The van der Waals surface area contributed by atoms with Gasteiger partial charge in [0.25, 0.3) is 0 Å². The van der Waals surface area contributed by atoms with E-state index in [2.05, 4.69) is 8.88 Å². The van der Waals surface area contributed by atoms with Crippen LogP contribution in [0.1, 0.15) is 0 Å². The number of esters is 1. The molecule has 0 saturated carbocycles. The van der Waals surface area contributed by atoms with E-state index in [4.69, 9.17) is 0 Å². The van der Waals surface area contributed by atoms with Crippen molar-refractivity contribution in [1.29, 1.82) is 0 Å². The molecule has 0 aromatic heterocycles. The van der Waals surface area contributed by atoms with Gasteiger partial charge in [-0.25, -0.2) is 0 Å². The molecule has 46 valence electrons. The van der Waals surface area contributed by atoms with Gasteiger partial charge in [0.2, 0.25) is 0 Å². The SMILES string of the molecule is COC(=O)C=[C]=[Re][F]. The fourth-order valence-corrected chi connectivity index (χ4v) is 0.592. The summed E-state index contributed by atoms with van der Waals surface area (Å²) in [5.41, 5.74) is 0. The van der Waals surface area contributed by atoms with Crippen LogP contribution in [0.5, 0.6) is 0 Å². The molecule has 0 amide bonds. The Balaban J connectivity index is 3.71. The van der Waals surface area contributed by atoms with Crippen LogP contribution in [0.2, 0.25) is 0 Å². The number of rotatable bonds is 1. The predicted molar refractivity (Wildman–Crippen MR) is 22.7 cm³/mol. The van der Waals surface area contributed by atoms with E-state index in [1.807, 2.05) is 0 Å². The molecule has 0 N–H and O–H groups in total. The molecular weight excluding hydrogens is 285 g/mol. The van der Waals surface area contributed by atoms with Gasteiger partial charge in [-0.2, -0.15) is 0 Å². The van der Waals surface area contributed by atoms with E-state index >= 15 is 0 Å². The molecule has 0 saturated heterocycles. The Bertz CT molecular complexity index is 137. The van der Waals surface area contributed by atoms with Crippen molar-refractivity contribution >= 4 is 10.1 Å². The third-order valence-electron chi connectivity index (χ3n) is 0.415. The third kappa shape index (κ3) is 3.89. The van der Waals surface area contributed by atoms with Crippen LogP contribution in [0.4, 0.5) is 3.22 Å². The molecule has 0 radical (unpaired) electrons. The summed E-state index contributed by atoms with van der Waals surface area (Å²) in [4.78, 5) is 10.1. The summed E-state index contributed by atoms with van der Waals surface area (Å²) < 4.78 is 17.6. The maximum atomic E-state index is 11.3. The van der Waals surface area contributed by atoms with Crippen LogP contribution in [0.15, 0.2) is 6.08 Å². The Morgan fingerprint density at radius 2 is 2.62 bits per heavy atom. The number of ether oxygens (including phenoxy) is 1. The fourth-order valence-electron chi connectivity index (χ4n) is 0.124. The second-order valence-corrected chi connectivity index (χ2v) is 2.15. The van der Waals surface area contributed by atoms with Crippen molar-refractivity contribution < 1.29 is 30.8 Å². The quantitative estimate of drug-likeness (QED) is 0.505. The van der Waals surface area contributed by atoms with Crippen molar-refractivity contribution in [2.75, 3.05) is 7.11 Å². The van der Waals surface area contributed by atoms with E-state index in [0.717, 1.165) is 6.08 Å². The van der Waals surface area contributed by atoms with Crippen LogP contribution in [-0.2, 0) is 27.6 Å². The Morgan fingerprint density at radius 3 is 3.00 bits per heavy atom. The van der Waals surface area contributed by atoms with E-state index in [-0.39, 0.29) is 0 Å². The average molecular weight is 289 g/mol. The summed E-state index contributed by atoms with van der Waals surface area (Å²) in [6.45, 7) is 0. The van der Waals surface area contributed by atoms with Crippen molar-refractivity contribution in [3.63, 3.8) is 0 Å². The van der Waals surface area contributed by atoms with Gasteiger partial charge in [0.05, 0.1) is 0 Å². The molecule has 0 aromatic carbocycles. The van der Waals surface area contributed by atoms with E-state index < -0.39 is 24.0 Å². The Morgan fingerprint density at radius 1 is 2.00 bits per heavy atom. The first-order valence-corrected chi connectivity index (χ1v) is 4.11. The summed E-state index contributed by atoms with van der Waals surface area (Å²) in [6.07, 6.45) is 0.985. The van der Waals surface area contributed by atoms with E-state index in [9.17, 15) is 8.02 Å². The first-order chi connectivity index (χ1) is 3.81. The van der Waals surface area contributed by atoms with E-state index in [1.165, 1.54) is 7.11 Å². The normalized spacial score (nSPS) is 7.25. The van der Waals surface area contributed by atoms with Crippen LogP contribution in [-0.4, -0.2) is 17.2 Å². The number of carbonyl (C=O) groups is 1. The monoisotopic (exact) mass is 290 g/mol. The van der Waals surface area contributed by atoms with Gasteiger partial charge >= 0.3 is 54.1 Å². The molecule has 0 bridgehead atoms. The van der Waals surface area contributed by atoms with Gasteiger partial charge < -0.3 is 0 Å². The zero-order valence-corrected chi connectivity index (χ0v) is 6.87. The predicted octanol–water partition coefficient (Wildman–Crippen LogP) is 0.0837. The number of carbonyl (C=O) groups excluding carboxylic acids is 1. The molecule has 0 spiro atoms. The van der Waals surface area contributed by atoms with Crippen LogP contribution in [0.3, 0.4) is 0 Å². The molecule has 0 aliphatic heterocycles. The molecule has 0 aliphatic carbocycles. The molecular formula is C4H4FO2Re. The molecule has 0 unspecified atom stereocenters. The molecule has 8 heavy (non-hydrogen) atoms. The minimum absolute atomic E-state index is 0.543. The van der Waals surface area contributed by atoms with Crippen molar-refractivity contribution in [1.82, 2.24) is 0 Å². The molecule has 0 aliphatic rings. The summed E-state index contributed by atoms with van der Waals surface area (Å²) in [6, 6.07) is 0. The molecule has 0 rings (SSSR count). The summed E-state index contributed by atoms with van der Waals surface area (Å²) in [5, 5.41) is 0. The molecule has 0 fully saturated rings. The Labute approximate surface area is 54.6 Å². The zero-order chi connectivity index (χ0) is 6.41. The van der Waals surface area contributed by atoms with Crippen molar-refractivity contribution in [3.05, 3.63) is 6.08 Å². The maximum absolute atomic E-state index is 11.3. The summed E-state index contributed by atoms with van der Waals surface area (Å²) in [7, 11) is 1.24. The van der Waals surface area contributed by atoms with Gasteiger partial charge in [-0.1, -0.05) is 0 Å². The van der Waals surface area contributed by atoms with Crippen molar-refractivity contribution in [2.45, 2.75) is 0 Å². The van der Waals surface area contributed by atoms with E-state index in [0.29, 0.717) is 0 Å². The number of hydrogen-bond acceptors (Lipinski definition) is 2. The van der Waals surface area contributed by atoms with Crippen molar-refractivity contribution in [2.24, 2.45) is 0 Å². The molecule has 4 heteroatoms. The molecule has 0 atom stereocenters. The fraction of sp³-hybridized carbons (Fsp3) is 0.250. The first-order valence-electron chi connectivity index (χ1n) is 1.73. The van der Waals surface area contributed by atoms with Gasteiger partial charge in [0, 0.05) is 0 Å². The molecule has 0 aromatic rings. The second kappa shape index (κ2) is 4.86. The van der Waals surface area contributed by atoms with Crippen LogP contribution in [0, 0.1) is 0 Å². The van der Waals surface area contributed by atoms with Crippen LogP contribution < -0.4 is 0 Å². The van der Waals surface area contributed by atoms with Gasteiger partial charge in [0.1, 0.15) is 0 Å². The van der Waals surface area contributed by atoms with Gasteiger partial charge in [-0.3, -0.25) is 0 Å². The Hall–Kier alpha value is -0.288. The standard InChI is InChI=1S/C4H4O2.FH.Re/c1-3-4(5)6-2;;/h3H,2H3;1H;/q;;+1/p-1. The second-order valence-electron chi connectivity index (χ2n) is 0.848. The van der Waals surface area contributed by atoms with Gasteiger partial charge in [0.15, 0.2) is 0 Å². The third-order valence-corrected chi connectivity index (χ3v) is 1.10. The van der Waals surface area contributed by atoms with Crippen molar-refractivity contribution in [3.8, 4) is 0 Å². The zero-order valence-electron chi connectivity index (χ0n) is 4.15. The van der Waals surface area contributed by atoms with Gasteiger partial charge in [-0.15, -0.1) is 0 Å². The van der Waals surface area contributed by atoms with Crippen LogP contribution >= 0.6 is 0 Å². The van der Waals surface area contributed by atoms with Crippen LogP contribution in [0.25, 0.3) is 0 Å². The van der Waals surface area contributed by atoms with E-state index in [1.54, 1.807) is 0 Å². The Kier molecular flexibility index (Phi) is 4.69. The molecule has 0 heterocycles. The minimum atomic E-state index is -1.84. The topological polar surface area (TPSA) is 26.3 Å². The average Bonchev–Trinajstić information content (AvgIpc) is 1.83. The number of methoxy groups -OCH3 is 1. The van der Waals surface area contributed by atoms with Gasteiger partial charge in [-0.05, 0) is 0 Å². The summed E-state index contributed by atoms with van der Waals surface area (Å²) in [5.74, 6) is -0.543. The number of hydrogen-bond donors (Lipinski definition) is 0. The number of halogens is 1.